The van der Waals surface area contributed by atoms with Gasteiger partial charge in [0.15, 0.2) is 33.3 Å². The van der Waals surface area contributed by atoms with Crippen molar-refractivity contribution in [2.75, 3.05) is 19.8 Å². The highest BCUT2D eigenvalue weighted by molar-refractivity contribution is 6.75. The van der Waals surface area contributed by atoms with Crippen LogP contribution in [0.1, 0.15) is 107 Å². The van der Waals surface area contributed by atoms with Crippen molar-refractivity contribution in [2.24, 2.45) is 0 Å². The summed E-state index contributed by atoms with van der Waals surface area (Å²) in [4.78, 5) is 27.2. The van der Waals surface area contributed by atoms with Gasteiger partial charge in [0, 0.05) is 18.0 Å². The predicted molar refractivity (Wildman–Crippen MR) is 267 cm³/mol. The molecule has 0 radical (unpaired) electrons. The van der Waals surface area contributed by atoms with Gasteiger partial charge in [0.1, 0.15) is 25.4 Å². The number of rotatable bonds is 18. The maximum Gasteiger partial charge on any atom is 0.407 e. The van der Waals surface area contributed by atoms with Crippen molar-refractivity contribution < 1.29 is 36.8 Å². The highest BCUT2D eigenvalue weighted by Gasteiger charge is 2.53. The minimum absolute atomic E-state index is 0.0680. The molecule has 0 bridgehead atoms. The standard InChI is InChI=1S/C49H85NO8Si4/c1-34(2)44(51)53-33-41(56-60(17,18)47(6,7)8)43(58-62(21,22)49(12,13)14)42(57-61(19,20)48(9,10)11)40(55-59(15,16)46(3,4)5)31-50-45(52)54-32-39-37-29-25-23-27-35(37)36-28-24-26-30-38(36)39/h23-30,39-43H,1,31-33H2,2-22H3,(H,50,52). The lowest BCUT2D eigenvalue weighted by Gasteiger charge is -2.51. The summed E-state index contributed by atoms with van der Waals surface area (Å²) in [6.45, 7) is 50.0. The Balaban J connectivity index is 2.24. The Kier molecular flexibility index (Phi) is 17.1. The first-order valence-electron chi connectivity index (χ1n) is 22.6. The average molecular weight is 929 g/mol. The number of amides is 1. The average Bonchev–Trinajstić information content (AvgIpc) is 3.43. The van der Waals surface area contributed by atoms with Gasteiger partial charge in [-0.3, -0.25) is 0 Å². The molecule has 0 fully saturated rings. The summed E-state index contributed by atoms with van der Waals surface area (Å²) in [5.41, 5.74) is 4.94. The Hall–Kier alpha value is -2.37. The summed E-state index contributed by atoms with van der Waals surface area (Å²) in [6.07, 6.45) is -3.46. The van der Waals surface area contributed by atoms with Gasteiger partial charge in [-0.25, -0.2) is 9.59 Å². The Morgan fingerprint density at radius 2 is 0.935 bits per heavy atom. The van der Waals surface area contributed by atoms with E-state index in [0.29, 0.717) is 5.57 Å². The molecule has 3 rings (SSSR count). The molecule has 13 heteroatoms. The molecular weight excluding hydrogens is 843 g/mol. The molecule has 0 saturated heterocycles. The van der Waals surface area contributed by atoms with Crippen molar-refractivity contribution in [2.45, 2.75) is 193 Å². The molecule has 1 aliphatic carbocycles. The van der Waals surface area contributed by atoms with Crippen LogP contribution >= 0.6 is 0 Å². The minimum atomic E-state index is -2.64. The number of hydrogen-bond acceptors (Lipinski definition) is 8. The summed E-state index contributed by atoms with van der Waals surface area (Å²) in [5.74, 6) is -0.576. The first-order valence-corrected chi connectivity index (χ1v) is 34.2. The van der Waals surface area contributed by atoms with Gasteiger partial charge < -0.3 is 32.5 Å². The van der Waals surface area contributed by atoms with Crippen molar-refractivity contribution in [3.63, 3.8) is 0 Å². The van der Waals surface area contributed by atoms with Crippen LogP contribution in [0.2, 0.25) is 72.5 Å². The summed E-state index contributed by atoms with van der Waals surface area (Å²) in [7, 11) is -10.4. The zero-order chi connectivity index (χ0) is 47.7. The fourth-order valence-corrected chi connectivity index (χ4v) is 11.7. The molecule has 1 N–H and O–H groups in total. The summed E-state index contributed by atoms with van der Waals surface area (Å²) in [6, 6.07) is 16.7. The Morgan fingerprint density at radius 1 is 0.581 bits per heavy atom. The van der Waals surface area contributed by atoms with Gasteiger partial charge in [0.05, 0.1) is 12.2 Å². The van der Waals surface area contributed by atoms with Gasteiger partial charge >= 0.3 is 12.1 Å². The van der Waals surface area contributed by atoms with E-state index < -0.39 is 69.7 Å². The van der Waals surface area contributed by atoms with Crippen molar-refractivity contribution in [1.82, 2.24) is 5.32 Å². The number of hydrogen-bond donors (Lipinski definition) is 1. The van der Waals surface area contributed by atoms with E-state index in [-0.39, 0.29) is 45.8 Å². The van der Waals surface area contributed by atoms with E-state index in [1.54, 1.807) is 6.92 Å². The highest BCUT2D eigenvalue weighted by atomic mass is 28.4. The van der Waals surface area contributed by atoms with Gasteiger partial charge in [-0.2, -0.15) is 0 Å². The number of alkyl carbamates (subject to hydrolysis) is 1. The van der Waals surface area contributed by atoms with Gasteiger partial charge in [-0.1, -0.05) is 138 Å². The fraction of sp³-hybridized carbons (Fsp3) is 0.673. The normalized spacial score (nSPS) is 16.5. The van der Waals surface area contributed by atoms with Gasteiger partial charge in [-0.05, 0) is 102 Å². The maximum absolute atomic E-state index is 14.0. The molecule has 0 saturated carbocycles. The van der Waals surface area contributed by atoms with Gasteiger partial charge in [-0.15, -0.1) is 0 Å². The van der Waals surface area contributed by atoms with Crippen molar-refractivity contribution in [1.29, 1.82) is 0 Å². The molecule has 4 unspecified atom stereocenters. The third-order valence-electron chi connectivity index (χ3n) is 14.6. The number of benzene rings is 2. The van der Waals surface area contributed by atoms with E-state index in [9.17, 15) is 9.59 Å². The van der Waals surface area contributed by atoms with Crippen LogP contribution in [0, 0.1) is 0 Å². The number of esters is 1. The molecule has 0 aliphatic heterocycles. The number of nitrogens with one attached hydrogen (secondary N) is 1. The minimum Gasteiger partial charge on any atom is -0.460 e. The van der Waals surface area contributed by atoms with Crippen LogP contribution in [0.4, 0.5) is 4.79 Å². The molecule has 0 spiro atoms. The maximum atomic E-state index is 14.0. The van der Waals surface area contributed by atoms with Crippen molar-refractivity contribution in [3.8, 4) is 11.1 Å². The molecular formula is C49H85NO8Si4. The van der Waals surface area contributed by atoms with Gasteiger partial charge in [0.2, 0.25) is 0 Å². The molecule has 0 aromatic heterocycles. The quantitative estimate of drug-likeness (QED) is 0.0896. The summed E-state index contributed by atoms with van der Waals surface area (Å²) >= 11 is 0. The van der Waals surface area contributed by atoms with Gasteiger partial charge in [0.25, 0.3) is 0 Å². The van der Waals surface area contributed by atoms with E-state index >= 15 is 0 Å². The second kappa shape index (κ2) is 19.6. The third kappa shape index (κ3) is 13.1. The van der Waals surface area contributed by atoms with Crippen LogP contribution in [0.25, 0.3) is 11.1 Å². The first kappa shape index (κ1) is 54.0. The molecule has 0 heterocycles. The van der Waals surface area contributed by atoms with Crippen LogP contribution in [-0.2, 0) is 32.0 Å². The highest BCUT2D eigenvalue weighted by Crippen LogP contribution is 2.47. The molecule has 1 amide bonds. The lowest BCUT2D eigenvalue weighted by atomic mass is 9.98. The van der Waals surface area contributed by atoms with E-state index in [1.165, 1.54) is 11.1 Å². The molecule has 62 heavy (non-hydrogen) atoms. The predicted octanol–water partition coefficient (Wildman–Crippen LogP) is 13.2. The van der Waals surface area contributed by atoms with E-state index in [0.717, 1.165) is 11.1 Å². The van der Waals surface area contributed by atoms with E-state index in [2.05, 4.69) is 172 Å². The second-order valence-electron chi connectivity index (χ2n) is 23.6. The second-order valence-corrected chi connectivity index (χ2v) is 42.6. The SMILES string of the molecule is C=C(C)C(=O)OCC(O[Si](C)(C)C(C)(C)C)C(O[Si](C)(C)C(C)(C)C)C(O[Si](C)(C)C(C)(C)C)C(CNC(=O)OCC1c2ccccc2-c2ccccc21)O[Si](C)(C)C(C)(C)C. The molecule has 9 nitrogen and oxygen atoms in total. The van der Waals surface area contributed by atoms with Crippen LogP contribution in [0.5, 0.6) is 0 Å². The Bertz CT molecular complexity index is 1820. The number of carbonyl (C=O) groups excluding carboxylic acids is 2. The Morgan fingerprint density at radius 3 is 1.32 bits per heavy atom. The molecule has 1 aliphatic rings. The number of ether oxygens (including phenoxy) is 2. The van der Waals surface area contributed by atoms with Crippen molar-refractivity contribution >= 4 is 45.3 Å². The molecule has 2 aromatic rings. The zero-order valence-corrected chi connectivity index (χ0v) is 46.6. The smallest absolute Gasteiger partial charge is 0.407 e. The van der Waals surface area contributed by atoms with E-state index in [1.807, 2.05) is 24.3 Å². The third-order valence-corrected chi connectivity index (χ3v) is 32.5. The van der Waals surface area contributed by atoms with Crippen molar-refractivity contribution in [3.05, 3.63) is 71.8 Å². The zero-order valence-electron chi connectivity index (χ0n) is 42.6. The Labute approximate surface area is 381 Å². The van der Waals surface area contributed by atoms with Crippen LogP contribution in [0.3, 0.4) is 0 Å². The van der Waals surface area contributed by atoms with Crippen LogP contribution in [0.15, 0.2) is 60.7 Å². The summed E-state index contributed by atoms with van der Waals surface area (Å²) < 4.78 is 42.3. The first-order chi connectivity index (χ1) is 27.9. The van der Waals surface area contributed by atoms with E-state index in [4.69, 9.17) is 27.2 Å². The fourth-order valence-electron chi connectivity index (χ4n) is 6.39. The summed E-state index contributed by atoms with van der Waals surface area (Å²) in [5, 5.41) is 2.41. The molecule has 4 atom stereocenters. The van der Waals surface area contributed by atoms with Crippen LogP contribution in [-0.4, -0.2) is 89.5 Å². The molecule has 2 aromatic carbocycles. The number of carbonyl (C=O) groups is 2. The topological polar surface area (TPSA) is 102 Å². The van der Waals surface area contributed by atoms with Crippen LogP contribution < -0.4 is 5.32 Å². The number of fused-ring (bicyclic) bond motifs is 3. The largest absolute Gasteiger partial charge is 0.460 e. The molecule has 350 valence electrons. The lowest BCUT2D eigenvalue weighted by molar-refractivity contribution is -0.147. The lowest BCUT2D eigenvalue weighted by Crippen LogP contribution is -2.64. The monoisotopic (exact) mass is 928 g/mol.